The van der Waals surface area contributed by atoms with Crippen LogP contribution in [0.5, 0.6) is 0 Å². The van der Waals surface area contributed by atoms with E-state index in [-0.39, 0.29) is 0 Å². The fourth-order valence-electron chi connectivity index (χ4n) is 1.77. The molecule has 0 bridgehead atoms. The molecule has 0 radical (unpaired) electrons. The summed E-state index contributed by atoms with van der Waals surface area (Å²) in [5.41, 5.74) is 3.93. The van der Waals surface area contributed by atoms with Gasteiger partial charge in [0.15, 0.2) is 0 Å². The zero-order valence-electron chi connectivity index (χ0n) is 10.5. The second-order valence-corrected chi connectivity index (χ2v) is 4.43. The molecule has 17 heavy (non-hydrogen) atoms. The summed E-state index contributed by atoms with van der Waals surface area (Å²) in [6.45, 7) is 4.03. The Bertz CT molecular complexity index is 457. The predicted octanol–water partition coefficient (Wildman–Crippen LogP) is 2.06. The Morgan fingerprint density at radius 1 is 1.18 bits per heavy atom. The van der Waals surface area contributed by atoms with Gasteiger partial charge in [0.05, 0.1) is 6.20 Å². The molecule has 1 N–H and O–H groups in total. The van der Waals surface area contributed by atoms with Crippen molar-refractivity contribution < 1.29 is 0 Å². The lowest BCUT2D eigenvalue weighted by Gasteiger charge is -2.04. The van der Waals surface area contributed by atoms with Gasteiger partial charge in [0.2, 0.25) is 0 Å². The van der Waals surface area contributed by atoms with E-state index in [1.54, 1.807) is 0 Å². The molecule has 0 saturated carbocycles. The Labute approximate surface area is 102 Å². The minimum Gasteiger partial charge on any atom is -0.312 e. The maximum absolute atomic E-state index is 4.15. The van der Waals surface area contributed by atoms with Crippen LogP contribution >= 0.6 is 0 Å². The van der Waals surface area contributed by atoms with E-state index < -0.39 is 0 Å². The summed E-state index contributed by atoms with van der Waals surface area (Å²) >= 11 is 0. The van der Waals surface area contributed by atoms with E-state index in [0.29, 0.717) is 0 Å². The highest BCUT2D eigenvalue weighted by atomic mass is 15.2. The zero-order valence-corrected chi connectivity index (χ0v) is 10.5. The molecule has 3 nitrogen and oxygen atoms in total. The Morgan fingerprint density at radius 2 is 1.94 bits per heavy atom. The molecule has 1 aromatic carbocycles. The fraction of sp³-hybridized carbons (Fsp3) is 0.357. The van der Waals surface area contributed by atoms with Crippen molar-refractivity contribution in [3.8, 4) is 0 Å². The van der Waals surface area contributed by atoms with E-state index in [9.17, 15) is 0 Å². The lowest BCUT2D eigenvalue weighted by Crippen LogP contribution is -2.16. The van der Waals surface area contributed by atoms with Crippen LogP contribution in [-0.4, -0.2) is 16.3 Å². The van der Waals surface area contributed by atoms with Crippen LogP contribution in [0.3, 0.4) is 0 Å². The van der Waals surface area contributed by atoms with Crippen molar-refractivity contribution in [2.75, 3.05) is 6.54 Å². The van der Waals surface area contributed by atoms with E-state index in [4.69, 9.17) is 0 Å². The molecule has 90 valence electrons. The second kappa shape index (κ2) is 5.64. The summed E-state index contributed by atoms with van der Waals surface area (Å²) in [6, 6.07) is 8.65. The Kier molecular flexibility index (Phi) is 3.94. The first kappa shape index (κ1) is 11.9. The Morgan fingerprint density at radius 3 is 2.59 bits per heavy atom. The van der Waals surface area contributed by atoms with Crippen LogP contribution in [0.4, 0.5) is 0 Å². The summed E-state index contributed by atoms with van der Waals surface area (Å²) in [5.74, 6) is 0. The number of aromatic nitrogens is 2. The molecule has 0 saturated heterocycles. The smallest absolute Gasteiger partial charge is 0.0522 e. The number of nitrogens with zero attached hydrogens (tertiary/aromatic N) is 2. The largest absolute Gasteiger partial charge is 0.312 e. The number of nitrogens with one attached hydrogen (secondary N) is 1. The molecule has 0 aliphatic rings. The summed E-state index contributed by atoms with van der Waals surface area (Å²) in [4.78, 5) is 0. The van der Waals surface area contributed by atoms with Gasteiger partial charge < -0.3 is 5.32 Å². The van der Waals surface area contributed by atoms with Crippen LogP contribution < -0.4 is 5.32 Å². The second-order valence-electron chi connectivity index (χ2n) is 4.43. The standard InChI is InChI=1S/C14H19N3/c1-12-3-5-13(6-4-12)9-15-8-7-14-10-16-17(2)11-14/h3-6,10-11,15H,7-9H2,1-2H3. The van der Waals surface area contributed by atoms with Gasteiger partial charge >= 0.3 is 0 Å². The maximum Gasteiger partial charge on any atom is 0.0522 e. The van der Waals surface area contributed by atoms with Crippen molar-refractivity contribution in [3.05, 3.63) is 53.3 Å². The molecule has 0 atom stereocenters. The molecule has 0 amide bonds. The van der Waals surface area contributed by atoms with E-state index in [1.807, 2.05) is 17.9 Å². The van der Waals surface area contributed by atoms with Crippen LogP contribution in [0.2, 0.25) is 0 Å². The molecule has 0 unspecified atom stereocenters. The van der Waals surface area contributed by atoms with Crippen LogP contribution in [0.25, 0.3) is 0 Å². The molecule has 1 heterocycles. The van der Waals surface area contributed by atoms with Crippen molar-refractivity contribution in [2.45, 2.75) is 19.9 Å². The fourth-order valence-corrected chi connectivity index (χ4v) is 1.77. The third kappa shape index (κ3) is 3.71. The average molecular weight is 229 g/mol. The number of aryl methyl sites for hydroxylation is 2. The third-order valence-corrected chi connectivity index (χ3v) is 2.80. The number of rotatable bonds is 5. The molecule has 3 heteroatoms. The lowest BCUT2D eigenvalue weighted by molar-refractivity contribution is 0.686. The molecular weight excluding hydrogens is 210 g/mol. The average Bonchev–Trinajstić information content (AvgIpc) is 2.73. The van der Waals surface area contributed by atoms with Crippen LogP contribution in [0, 0.1) is 6.92 Å². The van der Waals surface area contributed by atoms with Gasteiger partial charge in [-0.1, -0.05) is 29.8 Å². The number of benzene rings is 1. The first-order valence-electron chi connectivity index (χ1n) is 5.98. The first-order valence-corrected chi connectivity index (χ1v) is 5.98. The summed E-state index contributed by atoms with van der Waals surface area (Å²) < 4.78 is 1.84. The van der Waals surface area contributed by atoms with E-state index in [2.05, 4.69) is 47.8 Å². The SMILES string of the molecule is Cc1ccc(CNCCc2cnn(C)c2)cc1. The molecule has 0 aliphatic carbocycles. The highest BCUT2D eigenvalue weighted by Gasteiger charge is 1.96. The van der Waals surface area contributed by atoms with Gasteiger partial charge in [0, 0.05) is 19.8 Å². The van der Waals surface area contributed by atoms with Gasteiger partial charge in [0.25, 0.3) is 0 Å². The third-order valence-electron chi connectivity index (χ3n) is 2.80. The molecule has 2 rings (SSSR count). The molecular formula is C14H19N3. The summed E-state index contributed by atoms with van der Waals surface area (Å²) in [5, 5.41) is 7.59. The van der Waals surface area contributed by atoms with E-state index in [1.165, 1.54) is 16.7 Å². The van der Waals surface area contributed by atoms with Crippen molar-refractivity contribution >= 4 is 0 Å². The molecule has 0 spiro atoms. The van der Waals surface area contributed by atoms with Crippen molar-refractivity contribution in [1.29, 1.82) is 0 Å². The van der Waals surface area contributed by atoms with Gasteiger partial charge in [-0.25, -0.2) is 0 Å². The van der Waals surface area contributed by atoms with Crippen molar-refractivity contribution in [1.82, 2.24) is 15.1 Å². The van der Waals surface area contributed by atoms with E-state index >= 15 is 0 Å². The van der Waals surface area contributed by atoms with Crippen molar-refractivity contribution in [3.63, 3.8) is 0 Å². The molecule has 0 fully saturated rings. The predicted molar refractivity (Wildman–Crippen MR) is 69.8 cm³/mol. The van der Waals surface area contributed by atoms with Gasteiger partial charge in [-0.3, -0.25) is 4.68 Å². The molecule has 2 aromatic rings. The summed E-state index contributed by atoms with van der Waals surface area (Å²) in [7, 11) is 1.95. The molecule has 1 aromatic heterocycles. The van der Waals surface area contributed by atoms with E-state index in [0.717, 1.165) is 19.5 Å². The Hall–Kier alpha value is -1.61. The topological polar surface area (TPSA) is 29.9 Å². The quantitative estimate of drug-likeness (QED) is 0.795. The van der Waals surface area contributed by atoms with Gasteiger partial charge in [-0.15, -0.1) is 0 Å². The van der Waals surface area contributed by atoms with Crippen molar-refractivity contribution in [2.24, 2.45) is 7.05 Å². The maximum atomic E-state index is 4.15. The minimum absolute atomic E-state index is 0.931. The zero-order chi connectivity index (χ0) is 12.1. The lowest BCUT2D eigenvalue weighted by atomic mass is 10.1. The van der Waals surface area contributed by atoms with Crippen LogP contribution in [-0.2, 0) is 20.0 Å². The highest BCUT2D eigenvalue weighted by molar-refractivity contribution is 5.21. The summed E-state index contributed by atoms with van der Waals surface area (Å²) in [6.07, 6.45) is 5.01. The minimum atomic E-state index is 0.931. The Balaban J connectivity index is 1.71. The number of hydrogen-bond acceptors (Lipinski definition) is 2. The number of hydrogen-bond donors (Lipinski definition) is 1. The first-order chi connectivity index (χ1) is 8.24. The van der Waals surface area contributed by atoms with Crippen LogP contribution in [0.1, 0.15) is 16.7 Å². The molecule has 0 aliphatic heterocycles. The van der Waals surface area contributed by atoms with Gasteiger partial charge in [0.1, 0.15) is 0 Å². The van der Waals surface area contributed by atoms with Gasteiger partial charge in [-0.05, 0) is 31.0 Å². The highest BCUT2D eigenvalue weighted by Crippen LogP contribution is 2.02. The monoisotopic (exact) mass is 229 g/mol. The van der Waals surface area contributed by atoms with Gasteiger partial charge in [-0.2, -0.15) is 5.10 Å². The normalized spacial score (nSPS) is 10.7. The van der Waals surface area contributed by atoms with Crippen LogP contribution in [0.15, 0.2) is 36.7 Å².